The molecule has 72 valence electrons. The van der Waals surface area contributed by atoms with Gasteiger partial charge in [0.25, 0.3) is 0 Å². The monoisotopic (exact) mass is 245 g/mol. The number of hydrogen-bond acceptors (Lipinski definition) is 3. The molecule has 0 spiro atoms. The van der Waals surface area contributed by atoms with E-state index in [-0.39, 0.29) is 0 Å². The van der Waals surface area contributed by atoms with E-state index in [1.54, 1.807) is 12.3 Å². The summed E-state index contributed by atoms with van der Waals surface area (Å²) in [7, 11) is 0. The van der Waals surface area contributed by atoms with Crippen molar-refractivity contribution in [3.8, 4) is 0 Å². The van der Waals surface area contributed by atoms with E-state index in [2.05, 4.69) is 20.9 Å². The summed E-state index contributed by atoms with van der Waals surface area (Å²) >= 11 is 3.09. The third-order valence-corrected chi connectivity index (χ3v) is 2.42. The van der Waals surface area contributed by atoms with Crippen molar-refractivity contribution in [3.63, 3.8) is 0 Å². The van der Waals surface area contributed by atoms with E-state index in [1.165, 1.54) is 0 Å². The van der Waals surface area contributed by atoms with Crippen molar-refractivity contribution in [2.75, 3.05) is 5.33 Å². The zero-order chi connectivity index (χ0) is 9.84. The number of aliphatic hydroxyl groups excluding tert-OH is 2. The van der Waals surface area contributed by atoms with Crippen molar-refractivity contribution >= 4 is 15.9 Å². The summed E-state index contributed by atoms with van der Waals surface area (Å²) < 4.78 is 0. The number of pyridine rings is 1. The van der Waals surface area contributed by atoms with Gasteiger partial charge in [-0.1, -0.05) is 22.0 Å². The molecule has 0 saturated carbocycles. The number of aryl methyl sites for hydroxylation is 1. The Labute approximate surface area is 85.6 Å². The van der Waals surface area contributed by atoms with Crippen molar-refractivity contribution in [2.24, 2.45) is 0 Å². The molecule has 0 aliphatic heterocycles. The van der Waals surface area contributed by atoms with Crippen molar-refractivity contribution in [2.45, 2.75) is 19.1 Å². The van der Waals surface area contributed by atoms with Crippen LogP contribution >= 0.6 is 15.9 Å². The molecular weight excluding hydrogens is 234 g/mol. The van der Waals surface area contributed by atoms with Gasteiger partial charge in [0.15, 0.2) is 0 Å². The Kier molecular flexibility index (Phi) is 3.84. The first-order valence-corrected chi connectivity index (χ1v) is 5.12. The summed E-state index contributed by atoms with van der Waals surface area (Å²) in [4.78, 5) is 4.02. The van der Waals surface area contributed by atoms with Crippen LogP contribution in [0, 0.1) is 6.92 Å². The van der Waals surface area contributed by atoms with E-state index in [0.717, 1.165) is 5.56 Å². The molecule has 0 amide bonds. The second-order valence-electron chi connectivity index (χ2n) is 2.93. The highest BCUT2D eigenvalue weighted by Gasteiger charge is 2.17. The average molecular weight is 246 g/mol. The molecule has 13 heavy (non-hydrogen) atoms. The predicted molar refractivity (Wildman–Crippen MR) is 53.7 cm³/mol. The van der Waals surface area contributed by atoms with E-state index < -0.39 is 12.2 Å². The van der Waals surface area contributed by atoms with E-state index >= 15 is 0 Å². The smallest absolute Gasteiger partial charge is 0.123 e. The zero-order valence-electron chi connectivity index (χ0n) is 7.31. The minimum atomic E-state index is -0.917. The predicted octanol–water partition coefficient (Wildman–Crippen LogP) is 1.18. The molecule has 1 aromatic rings. The van der Waals surface area contributed by atoms with Gasteiger partial charge in [-0.05, 0) is 18.6 Å². The number of rotatable bonds is 3. The highest BCUT2D eigenvalue weighted by molar-refractivity contribution is 9.09. The van der Waals surface area contributed by atoms with Gasteiger partial charge in [-0.25, -0.2) is 0 Å². The van der Waals surface area contributed by atoms with Crippen LogP contribution in [-0.4, -0.2) is 26.6 Å². The van der Waals surface area contributed by atoms with Gasteiger partial charge in [0.2, 0.25) is 0 Å². The molecule has 0 aliphatic rings. The molecule has 0 aromatic carbocycles. The van der Waals surface area contributed by atoms with E-state index in [0.29, 0.717) is 11.0 Å². The first-order chi connectivity index (χ1) is 6.15. The van der Waals surface area contributed by atoms with E-state index in [4.69, 9.17) is 0 Å². The van der Waals surface area contributed by atoms with Crippen LogP contribution in [-0.2, 0) is 0 Å². The molecule has 3 nitrogen and oxygen atoms in total. The normalized spacial score (nSPS) is 15.4. The number of nitrogens with zero attached hydrogens (tertiary/aromatic N) is 1. The molecule has 0 aliphatic carbocycles. The lowest BCUT2D eigenvalue weighted by molar-refractivity contribution is 0.0315. The molecule has 2 N–H and O–H groups in total. The highest BCUT2D eigenvalue weighted by atomic mass is 79.9. The summed E-state index contributed by atoms with van der Waals surface area (Å²) in [5, 5.41) is 19.2. The Hall–Kier alpha value is -0.450. The minimum absolute atomic E-state index is 0.337. The maximum Gasteiger partial charge on any atom is 0.123 e. The molecule has 2 atom stereocenters. The Bertz CT molecular complexity index is 263. The van der Waals surface area contributed by atoms with Crippen molar-refractivity contribution < 1.29 is 10.2 Å². The SMILES string of the molecule is Cc1ccc(C(O)C(O)CBr)nc1. The maximum atomic E-state index is 9.54. The lowest BCUT2D eigenvalue weighted by atomic mass is 10.1. The molecule has 4 heteroatoms. The molecule has 0 radical (unpaired) electrons. The summed E-state index contributed by atoms with van der Waals surface area (Å²) in [6, 6.07) is 3.57. The number of hydrogen-bond donors (Lipinski definition) is 2. The van der Waals surface area contributed by atoms with Crippen LogP contribution in [0.2, 0.25) is 0 Å². The lowest BCUT2D eigenvalue weighted by Crippen LogP contribution is -2.20. The molecule has 1 rings (SSSR count). The summed E-state index contributed by atoms with van der Waals surface area (Å²) in [5.41, 5.74) is 1.53. The summed E-state index contributed by atoms with van der Waals surface area (Å²) in [6.45, 7) is 1.92. The number of halogens is 1. The van der Waals surface area contributed by atoms with Crippen LogP contribution in [0.4, 0.5) is 0 Å². The first-order valence-electron chi connectivity index (χ1n) is 4.00. The first kappa shape index (κ1) is 10.6. The number of alkyl halides is 1. The molecule has 1 aromatic heterocycles. The van der Waals surface area contributed by atoms with Crippen LogP contribution in [0.15, 0.2) is 18.3 Å². The Morgan fingerprint density at radius 1 is 1.46 bits per heavy atom. The molecule has 0 saturated heterocycles. The fourth-order valence-electron chi connectivity index (χ4n) is 0.936. The maximum absolute atomic E-state index is 9.54. The summed E-state index contributed by atoms with van der Waals surface area (Å²) in [6.07, 6.45) is -0.0605. The zero-order valence-corrected chi connectivity index (χ0v) is 8.90. The third kappa shape index (κ3) is 2.76. The topological polar surface area (TPSA) is 53.4 Å². The van der Waals surface area contributed by atoms with Crippen molar-refractivity contribution in [1.29, 1.82) is 0 Å². The average Bonchev–Trinajstić information content (AvgIpc) is 2.17. The molecule has 0 fully saturated rings. The van der Waals surface area contributed by atoms with Gasteiger partial charge in [-0.3, -0.25) is 4.98 Å². The molecule has 1 heterocycles. The van der Waals surface area contributed by atoms with Crippen molar-refractivity contribution in [3.05, 3.63) is 29.6 Å². The van der Waals surface area contributed by atoms with E-state index in [1.807, 2.05) is 13.0 Å². The number of aromatic nitrogens is 1. The Morgan fingerprint density at radius 3 is 2.62 bits per heavy atom. The van der Waals surface area contributed by atoms with Crippen LogP contribution < -0.4 is 0 Å². The van der Waals surface area contributed by atoms with Gasteiger partial charge < -0.3 is 10.2 Å². The van der Waals surface area contributed by atoms with Gasteiger partial charge in [-0.15, -0.1) is 0 Å². The Balaban J connectivity index is 2.77. The van der Waals surface area contributed by atoms with Gasteiger partial charge in [0, 0.05) is 11.5 Å². The number of aliphatic hydroxyl groups is 2. The second kappa shape index (κ2) is 4.69. The highest BCUT2D eigenvalue weighted by Crippen LogP contribution is 2.15. The van der Waals surface area contributed by atoms with Crippen molar-refractivity contribution in [1.82, 2.24) is 4.98 Å². The summed E-state index contributed by atoms with van der Waals surface area (Å²) in [5.74, 6) is 0. The fraction of sp³-hybridized carbons (Fsp3) is 0.444. The largest absolute Gasteiger partial charge is 0.389 e. The standard InChI is InChI=1S/C9H12BrNO2/c1-6-2-3-7(11-5-6)9(13)8(12)4-10/h2-3,5,8-9,12-13H,4H2,1H3. The van der Waals surface area contributed by atoms with Crippen LogP contribution in [0.3, 0.4) is 0 Å². The van der Waals surface area contributed by atoms with Gasteiger partial charge in [0.05, 0.1) is 11.8 Å². The molecular formula is C9H12BrNO2. The lowest BCUT2D eigenvalue weighted by Gasteiger charge is -2.14. The van der Waals surface area contributed by atoms with Gasteiger partial charge in [-0.2, -0.15) is 0 Å². The van der Waals surface area contributed by atoms with Gasteiger partial charge >= 0.3 is 0 Å². The fourth-order valence-corrected chi connectivity index (χ4v) is 1.29. The quantitative estimate of drug-likeness (QED) is 0.787. The molecule has 0 bridgehead atoms. The Morgan fingerprint density at radius 2 is 2.15 bits per heavy atom. The van der Waals surface area contributed by atoms with Crippen LogP contribution in [0.1, 0.15) is 17.4 Å². The molecule has 2 unspecified atom stereocenters. The second-order valence-corrected chi connectivity index (χ2v) is 3.57. The van der Waals surface area contributed by atoms with E-state index in [9.17, 15) is 10.2 Å². The van der Waals surface area contributed by atoms with Crippen LogP contribution in [0.5, 0.6) is 0 Å². The van der Waals surface area contributed by atoms with Crippen LogP contribution in [0.25, 0.3) is 0 Å². The third-order valence-electron chi connectivity index (χ3n) is 1.76. The van der Waals surface area contributed by atoms with Gasteiger partial charge in [0.1, 0.15) is 6.10 Å². The minimum Gasteiger partial charge on any atom is -0.389 e.